The van der Waals surface area contributed by atoms with E-state index >= 15 is 0 Å². The van der Waals surface area contributed by atoms with E-state index in [9.17, 15) is 14.0 Å². The molecule has 0 amide bonds. The van der Waals surface area contributed by atoms with Crippen LogP contribution >= 0.6 is 35.1 Å². The lowest BCUT2D eigenvalue weighted by molar-refractivity contribution is -1.92. The van der Waals surface area contributed by atoms with Gasteiger partial charge in [-0.3, -0.25) is 0 Å². The van der Waals surface area contributed by atoms with Gasteiger partial charge < -0.3 is 0 Å². The van der Waals surface area contributed by atoms with Crippen molar-refractivity contribution in [3.05, 3.63) is 41.3 Å². The van der Waals surface area contributed by atoms with Crippen molar-refractivity contribution < 1.29 is 28.5 Å². The molecule has 0 bridgehead atoms. The zero-order chi connectivity index (χ0) is 12.5. The van der Waals surface area contributed by atoms with Crippen LogP contribution in [0.25, 0.3) is 4.91 Å². The highest BCUT2D eigenvalue weighted by Gasteiger charge is 2.50. The van der Waals surface area contributed by atoms with Crippen LogP contribution in [0.15, 0.2) is 35.7 Å². The summed E-state index contributed by atoms with van der Waals surface area (Å²) in [4.78, 5) is 0.754. The van der Waals surface area contributed by atoms with Crippen LogP contribution in [0.1, 0.15) is 5.56 Å². The maximum absolute atomic E-state index is 10.5. The average molecular weight is 313 g/mol. The molecule has 0 fully saturated rings. The van der Waals surface area contributed by atoms with Crippen molar-refractivity contribution >= 4 is 40.0 Å². The average Bonchev–Trinajstić information content (AvgIpc) is 2.59. The quantitative estimate of drug-likeness (QED) is 0.743. The molecule has 0 saturated heterocycles. The fraction of sp³-hybridized carbons (Fsp3) is 0.111. The van der Waals surface area contributed by atoms with E-state index in [1.165, 1.54) is 0 Å². The van der Waals surface area contributed by atoms with Crippen LogP contribution in [0.5, 0.6) is 0 Å². The molecule has 8 heteroatoms. The normalized spacial score (nSPS) is 24.8. The molecule has 92 valence electrons. The molecule has 0 aliphatic carbocycles. The molecule has 0 radical (unpaired) electrons. The van der Waals surface area contributed by atoms with Crippen LogP contribution in [-0.4, -0.2) is 3.72 Å². The highest BCUT2D eigenvalue weighted by atomic mass is 35.7. The number of hydrogen-bond donors (Lipinski definition) is 0. The Bertz CT molecular complexity index is 434. The van der Waals surface area contributed by atoms with Crippen LogP contribution in [0.2, 0.25) is 0 Å². The summed E-state index contributed by atoms with van der Waals surface area (Å²) in [6.45, 7) is 0. The van der Waals surface area contributed by atoms with Crippen LogP contribution in [0, 0.1) is 10.2 Å². The first kappa shape index (κ1) is 13.5. The van der Waals surface area contributed by atoms with Gasteiger partial charge in [-0.25, -0.2) is 0 Å². The van der Waals surface area contributed by atoms with Gasteiger partial charge in [0.15, 0.2) is 0 Å². The third-order valence-corrected chi connectivity index (χ3v) is 5.35. The van der Waals surface area contributed by atoms with E-state index in [2.05, 4.69) is 4.29 Å². The van der Waals surface area contributed by atoms with E-state index in [-0.39, 0.29) is 0 Å². The van der Waals surface area contributed by atoms with Crippen LogP contribution in [0.3, 0.4) is 0 Å². The molecule has 0 spiro atoms. The minimum atomic E-state index is -4.55. The molecule has 0 N–H and O–H groups in total. The number of benzene rings is 1. The minimum absolute atomic E-state index is 0.754. The lowest BCUT2D eigenvalue weighted by Crippen LogP contribution is -2.62. The molecule has 4 nitrogen and oxygen atoms in total. The molecule has 1 atom stereocenters. The van der Waals surface area contributed by atoms with Gasteiger partial charge in [0.05, 0.1) is 10.2 Å². The zero-order valence-corrected chi connectivity index (χ0v) is 11.3. The molecule has 1 aliphatic rings. The fourth-order valence-corrected chi connectivity index (χ4v) is 4.58. The Hall–Kier alpha value is 0.0800. The van der Waals surface area contributed by atoms with Gasteiger partial charge in [0.2, 0.25) is 0 Å². The Kier molecular flexibility index (Phi) is 3.96. The number of halogens is 2. The van der Waals surface area contributed by atoms with Crippen molar-refractivity contribution in [2.75, 3.05) is 0 Å². The minimum Gasteiger partial charge on any atom is -0.183 e. The van der Waals surface area contributed by atoms with Gasteiger partial charge in [0, 0.05) is 4.91 Å². The highest BCUT2D eigenvalue weighted by molar-refractivity contribution is 8.28. The second kappa shape index (κ2) is 4.99. The van der Waals surface area contributed by atoms with E-state index in [0.29, 0.717) is 0 Å². The number of thioether (sulfide) groups is 2. The Morgan fingerprint density at radius 2 is 1.82 bits per heavy atom. The third-order valence-electron chi connectivity index (χ3n) is 1.78. The summed E-state index contributed by atoms with van der Waals surface area (Å²) in [6.07, 6.45) is 0. The van der Waals surface area contributed by atoms with Crippen molar-refractivity contribution in [1.82, 2.24) is 0 Å². The summed E-state index contributed by atoms with van der Waals surface area (Å²) < 4.78 is 34.1. The highest BCUT2D eigenvalue weighted by Crippen LogP contribution is 2.57. The van der Waals surface area contributed by atoms with Gasteiger partial charge in [0.1, 0.15) is 4.29 Å². The smallest absolute Gasteiger partial charge is 0.183 e. The Morgan fingerprint density at radius 1 is 1.18 bits per heavy atom. The predicted molar refractivity (Wildman–Crippen MR) is 59.3 cm³/mol. The summed E-state index contributed by atoms with van der Waals surface area (Å²) >= 11 is 7.77. The molecule has 0 aromatic heterocycles. The lowest BCUT2D eigenvalue weighted by atomic mass is 10.2. The summed E-state index contributed by atoms with van der Waals surface area (Å²) in [5.74, 6) is 0. The molecule has 0 saturated carbocycles. The molecule has 1 aromatic carbocycles. The summed E-state index contributed by atoms with van der Waals surface area (Å²) in [5.41, 5.74) is 0.885. The van der Waals surface area contributed by atoms with E-state index in [1.54, 1.807) is 5.41 Å². The van der Waals surface area contributed by atoms with E-state index < -0.39 is 14.0 Å². The second-order valence-electron chi connectivity index (χ2n) is 3.00. The fourth-order valence-electron chi connectivity index (χ4n) is 1.18. The molecule has 2 rings (SSSR count). The van der Waals surface area contributed by atoms with Gasteiger partial charge in [-0.1, -0.05) is 42.1 Å². The van der Waals surface area contributed by atoms with Crippen LogP contribution in [0.4, 0.5) is 0 Å². The summed E-state index contributed by atoms with van der Waals surface area (Å²) in [6, 6.07) is 9.26. The molecule has 1 aliphatic heterocycles. The van der Waals surface area contributed by atoms with Crippen molar-refractivity contribution in [3.8, 4) is 0 Å². The van der Waals surface area contributed by atoms with Crippen molar-refractivity contribution in [1.29, 1.82) is 0 Å². The zero-order valence-electron chi connectivity index (χ0n) is 8.17. The van der Waals surface area contributed by atoms with Gasteiger partial charge in [-0.05, 0) is 34.3 Å². The van der Waals surface area contributed by atoms with Gasteiger partial charge in [-0.15, -0.1) is 0 Å². The largest absolute Gasteiger partial charge is 0.398 e. The first-order valence-corrected chi connectivity index (χ1v) is 7.62. The number of alkyl halides is 1. The Labute approximate surface area is 113 Å². The van der Waals surface area contributed by atoms with Crippen molar-refractivity contribution in [3.63, 3.8) is 0 Å². The first-order chi connectivity index (χ1) is 7.88. The first-order valence-electron chi connectivity index (χ1n) is 4.31. The Balaban J connectivity index is 2.08. The molecular formula is C9H6Cl2O4S2. The second-order valence-corrected chi connectivity index (χ2v) is 7.42. The maximum Gasteiger partial charge on any atom is 0.398 e. The van der Waals surface area contributed by atoms with E-state index in [0.717, 1.165) is 34.0 Å². The van der Waals surface area contributed by atoms with Crippen LogP contribution in [-0.2, 0) is 4.29 Å². The van der Waals surface area contributed by atoms with Gasteiger partial charge >= 0.3 is 3.72 Å². The van der Waals surface area contributed by atoms with Gasteiger partial charge in [-0.2, -0.15) is 14.0 Å². The Morgan fingerprint density at radius 3 is 2.41 bits per heavy atom. The third kappa shape index (κ3) is 3.77. The predicted octanol–water partition coefficient (Wildman–Crippen LogP) is 0.229. The maximum atomic E-state index is 10.5. The molecule has 17 heavy (non-hydrogen) atoms. The lowest BCUT2D eigenvalue weighted by Gasteiger charge is -2.19. The molecule has 1 heterocycles. The molecule has 1 aromatic rings. The van der Waals surface area contributed by atoms with Crippen molar-refractivity contribution in [2.45, 2.75) is 3.72 Å². The number of hydrogen-bond acceptors (Lipinski definition) is 6. The van der Waals surface area contributed by atoms with Gasteiger partial charge in [0.25, 0.3) is 0 Å². The topological polar surface area (TPSA) is 78.4 Å². The standard InChI is InChI=1S/C9H6Cl2O4S2/c10-9(15-11(12,13)14)16-6-8(17-9)7-4-2-1-3-5-7/h1-6H. The summed E-state index contributed by atoms with van der Waals surface area (Å²) in [5, 5.41) is 1.66. The number of rotatable bonds is 3. The molecule has 1 unspecified atom stereocenters. The van der Waals surface area contributed by atoms with Crippen LogP contribution < -0.4 is 14.0 Å². The van der Waals surface area contributed by atoms with E-state index in [1.807, 2.05) is 30.3 Å². The monoisotopic (exact) mass is 312 g/mol. The molecular weight excluding hydrogens is 307 g/mol. The van der Waals surface area contributed by atoms with E-state index in [4.69, 9.17) is 11.6 Å². The SMILES string of the molecule is [O-][Cl+3]([O-])([O-])OC1(Cl)SC=C(c2ccccc2)S1. The van der Waals surface area contributed by atoms with Crippen molar-refractivity contribution in [2.24, 2.45) is 0 Å². The summed E-state index contributed by atoms with van der Waals surface area (Å²) in [7, 11) is -4.55.